The summed E-state index contributed by atoms with van der Waals surface area (Å²) in [7, 11) is 0. The summed E-state index contributed by atoms with van der Waals surface area (Å²) >= 11 is 0. The van der Waals surface area contributed by atoms with Crippen LogP contribution in [-0.4, -0.2) is 41.2 Å². The summed E-state index contributed by atoms with van der Waals surface area (Å²) in [6.07, 6.45) is 4.50. The summed E-state index contributed by atoms with van der Waals surface area (Å²) in [6, 6.07) is 5.41. The Balaban J connectivity index is 2.15. The molecule has 0 heterocycles. The lowest BCUT2D eigenvalue weighted by Gasteiger charge is -2.29. The largest absolute Gasteiger partial charge is 0.494 e. The summed E-state index contributed by atoms with van der Waals surface area (Å²) in [6.45, 7) is 9.19. The van der Waals surface area contributed by atoms with E-state index in [0.29, 0.717) is 30.2 Å². The van der Waals surface area contributed by atoms with Crippen molar-refractivity contribution in [2.75, 3.05) is 11.9 Å². The van der Waals surface area contributed by atoms with Crippen molar-refractivity contribution in [1.29, 1.82) is 0 Å². The molecule has 1 atom stereocenters. The number of ether oxygens (including phenoxy) is 2. The molecule has 1 aromatic carbocycles. The number of carbonyl (C=O) groups excluding carboxylic acids is 3. The monoisotopic (exact) mass is 431 g/mol. The van der Waals surface area contributed by atoms with Crippen LogP contribution < -0.4 is 15.4 Å². The Labute approximate surface area is 184 Å². The van der Waals surface area contributed by atoms with E-state index in [-0.39, 0.29) is 0 Å². The summed E-state index contributed by atoms with van der Waals surface area (Å²) in [4.78, 5) is 39.4. The van der Waals surface area contributed by atoms with Crippen molar-refractivity contribution in [3.63, 3.8) is 0 Å². The molecule has 8 heteroatoms. The maximum atomic E-state index is 13.1. The first-order valence-electron chi connectivity index (χ1n) is 10.7. The molecule has 0 saturated heterocycles. The predicted octanol–water partition coefficient (Wildman–Crippen LogP) is 4.82. The number of hydrogen-bond acceptors (Lipinski definition) is 5. The summed E-state index contributed by atoms with van der Waals surface area (Å²) in [5.41, 5.74) is 0.483. The summed E-state index contributed by atoms with van der Waals surface area (Å²) in [5.74, 6) is 0.168. The molecule has 2 N–H and O–H groups in total. The third kappa shape index (κ3) is 7.62. The minimum absolute atomic E-state index is 0.526. The smallest absolute Gasteiger partial charge is 0.408 e. The topological polar surface area (TPSA) is 97.0 Å². The van der Waals surface area contributed by atoms with E-state index in [1.54, 1.807) is 45.0 Å². The van der Waals surface area contributed by atoms with E-state index < -0.39 is 29.7 Å². The van der Waals surface area contributed by atoms with Crippen LogP contribution in [0.5, 0.6) is 5.75 Å². The Morgan fingerprint density at radius 1 is 1.13 bits per heavy atom. The molecule has 4 amide bonds. The Hall–Kier alpha value is -3.03. The zero-order valence-corrected chi connectivity index (χ0v) is 19.0. The van der Waals surface area contributed by atoms with E-state index in [1.165, 1.54) is 6.92 Å². The van der Waals surface area contributed by atoms with Crippen LogP contribution in [0.1, 0.15) is 60.3 Å². The molecule has 1 aliphatic carbocycles. The molecule has 0 fully saturated rings. The Morgan fingerprint density at radius 3 is 2.35 bits per heavy atom. The van der Waals surface area contributed by atoms with Crippen LogP contribution in [-0.2, 0) is 9.53 Å². The molecule has 0 bridgehead atoms. The van der Waals surface area contributed by atoms with Crippen LogP contribution in [0.2, 0.25) is 0 Å². The molecule has 0 spiro atoms. The number of rotatable bonds is 6. The van der Waals surface area contributed by atoms with Crippen molar-refractivity contribution in [2.45, 2.75) is 71.9 Å². The number of nitrogens with zero attached hydrogens (tertiary/aromatic N) is 1. The van der Waals surface area contributed by atoms with Gasteiger partial charge in [-0.3, -0.25) is 4.79 Å². The van der Waals surface area contributed by atoms with Gasteiger partial charge in [0, 0.05) is 11.4 Å². The van der Waals surface area contributed by atoms with Crippen LogP contribution in [0.25, 0.3) is 0 Å². The van der Waals surface area contributed by atoms with Crippen molar-refractivity contribution < 1.29 is 23.9 Å². The van der Waals surface area contributed by atoms with Crippen LogP contribution in [0, 0.1) is 0 Å². The zero-order valence-electron chi connectivity index (χ0n) is 19.0. The van der Waals surface area contributed by atoms with Gasteiger partial charge in [0.05, 0.1) is 6.61 Å². The van der Waals surface area contributed by atoms with Crippen LogP contribution >= 0.6 is 0 Å². The average Bonchev–Trinajstić information content (AvgIpc) is 2.69. The highest BCUT2D eigenvalue weighted by molar-refractivity contribution is 6.05. The summed E-state index contributed by atoms with van der Waals surface area (Å²) < 4.78 is 10.6. The lowest BCUT2D eigenvalue weighted by atomic mass is 10.0. The molecule has 1 aromatic rings. The Kier molecular flexibility index (Phi) is 8.47. The minimum Gasteiger partial charge on any atom is -0.494 e. The van der Waals surface area contributed by atoms with Gasteiger partial charge >= 0.3 is 12.1 Å². The summed E-state index contributed by atoms with van der Waals surface area (Å²) in [5, 5.41) is 5.28. The van der Waals surface area contributed by atoms with E-state index in [2.05, 4.69) is 10.6 Å². The molecule has 1 unspecified atom stereocenters. The zero-order chi connectivity index (χ0) is 23.0. The molecule has 0 aliphatic heterocycles. The first-order chi connectivity index (χ1) is 14.6. The highest BCUT2D eigenvalue weighted by Gasteiger charge is 2.31. The molecule has 2 rings (SSSR count). The number of nitrogens with one attached hydrogen (secondary N) is 2. The molecule has 0 aromatic heterocycles. The fourth-order valence-corrected chi connectivity index (χ4v) is 3.12. The maximum Gasteiger partial charge on any atom is 0.408 e. The number of imide groups is 1. The minimum atomic E-state index is -0.941. The van der Waals surface area contributed by atoms with Gasteiger partial charge in [-0.05, 0) is 84.6 Å². The number of amides is 4. The quantitative estimate of drug-likeness (QED) is 0.673. The maximum absolute atomic E-state index is 13.1. The number of carbonyl (C=O) groups is 3. The molecule has 1 aliphatic rings. The van der Waals surface area contributed by atoms with E-state index in [1.807, 2.05) is 13.0 Å². The molecule has 8 nitrogen and oxygen atoms in total. The number of alkyl carbamates (subject to hydrolysis) is 1. The number of hydrogen-bond donors (Lipinski definition) is 2. The number of urea groups is 1. The Morgan fingerprint density at radius 2 is 1.81 bits per heavy atom. The number of benzene rings is 1. The first-order valence-corrected chi connectivity index (χ1v) is 10.7. The van der Waals surface area contributed by atoms with Gasteiger partial charge in [-0.2, -0.15) is 0 Å². The number of allylic oxidation sites excluding steroid dienone is 2. The van der Waals surface area contributed by atoms with Gasteiger partial charge in [0.1, 0.15) is 17.4 Å². The molecule has 31 heavy (non-hydrogen) atoms. The van der Waals surface area contributed by atoms with Crippen LogP contribution in [0.15, 0.2) is 36.0 Å². The predicted molar refractivity (Wildman–Crippen MR) is 119 cm³/mol. The normalized spacial score (nSPS) is 14.7. The van der Waals surface area contributed by atoms with Gasteiger partial charge in [0.2, 0.25) is 0 Å². The highest BCUT2D eigenvalue weighted by Crippen LogP contribution is 2.24. The van der Waals surface area contributed by atoms with Crippen molar-refractivity contribution in [3.8, 4) is 5.75 Å². The van der Waals surface area contributed by atoms with Crippen molar-refractivity contribution >= 4 is 23.7 Å². The van der Waals surface area contributed by atoms with Gasteiger partial charge in [0.25, 0.3) is 5.91 Å². The number of anilines is 1. The van der Waals surface area contributed by atoms with Crippen LogP contribution in [0.4, 0.5) is 15.3 Å². The van der Waals surface area contributed by atoms with Gasteiger partial charge in [0.15, 0.2) is 0 Å². The molecule has 0 saturated carbocycles. The van der Waals surface area contributed by atoms with Crippen LogP contribution in [0.3, 0.4) is 0 Å². The third-order valence-corrected chi connectivity index (χ3v) is 4.50. The fourth-order valence-electron chi connectivity index (χ4n) is 3.12. The molecule has 0 radical (unpaired) electrons. The van der Waals surface area contributed by atoms with Gasteiger partial charge in [-0.1, -0.05) is 6.08 Å². The first kappa shape index (κ1) is 24.2. The fraction of sp³-hybridized carbons (Fsp3) is 0.522. The highest BCUT2D eigenvalue weighted by atomic mass is 16.6. The van der Waals surface area contributed by atoms with E-state index in [4.69, 9.17) is 9.47 Å². The second-order valence-electron chi connectivity index (χ2n) is 8.37. The van der Waals surface area contributed by atoms with Gasteiger partial charge in [-0.15, -0.1) is 0 Å². The second-order valence-corrected chi connectivity index (χ2v) is 8.37. The average molecular weight is 432 g/mol. The van der Waals surface area contributed by atoms with E-state index in [9.17, 15) is 14.4 Å². The van der Waals surface area contributed by atoms with E-state index >= 15 is 0 Å². The van der Waals surface area contributed by atoms with Gasteiger partial charge < -0.3 is 20.1 Å². The lowest BCUT2D eigenvalue weighted by Crippen LogP contribution is -2.50. The van der Waals surface area contributed by atoms with E-state index in [0.717, 1.165) is 24.2 Å². The molecule has 170 valence electrons. The van der Waals surface area contributed by atoms with Crippen molar-refractivity contribution in [1.82, 2.24) is 10.2 Å². The van der Waals surface area contributed by atoms with Gasteiger partial charge in [-0.25, -0.2) is 14.5 Å². The Bertz CT molecular complexity index is 811. The second kappa shape index (κ2) is 10.8. The molecular formula is C23H33N3O5. The lowest BCUT2D eigenvalue weighted by molar-refractivity contribution is -0.128. The molecular weight excluding hydrogens is 398 g/mol. The van der Waals surface area contributed by atoms with Crippen molar-refractivity contribution in [2.24, 2.45) is 0 Å². The standard InChI is InChI=1S/C23H33N3O5/c1-6-30-19-14-12-17(13-15-19)25-21(28)26(18-10-8-7-9-11-18)20(27)16(2)24-22(29)31-23(3,4)5/h10,12-16H,6-9,11H2,1-5H3,(H,24,29)(H,25,28). The SMILES string of the molecule is CCOc1ccc(NC(=O)N(C(=O)C(C)NC(=O)OC(C)(C)C)C2=CCCCC2)cc1. The van der Waals surface area contributed by atoms with Crippen molar-refractivity contribution in [3.05, 3.63) is 36.0 Å². The third-order valence-electron chi connectivity index (χ3n) is 4.50.